The standard InChI is InChI=1S/5O3Si.5O.4Ta/c5*1-4(2)3;;;;;;;;;/q10*-2;4*+5. The van der Waals surface area contributed by atoms with Crippen molar-refractivity contribution in [3.8, 4) is 0 Å². The zero-order chi connectivity index (χ0) is 17.9. The number of rotatable bonds is 0. The average molecular weight is 1180 g/mol. The fraction of sp³-hybridized carbons (Fsp3) is 0. The van der Waals surface area contributed by atoms with Gasteiger partial charge in [-0.1, -0.05) is 0 Å². The summed E-state index contributed by atoms with van der Waals surface area (Å²) in [7, 11) is -18.1. The predicted octanol–water partition coefficient (Wildman–Crippen LogP) is -15.0. The Morgan fingerprint density at radius 1 is 0.276 bits per heavy atom. The Morgan fingerprint density at radius 3 is 0.276 bits per heavy atom. The molecule has 0 radical (unpaired) electrons. The number of hydrogen-bond donors (Lipinski definition) is 0. The van der Waals surface area contributed by atoms with E-state index in [9.17, 15) is 0 Å². The first-order chi connectivity index (χ1) is 8.66. The molecule has 0 heterocycles. The Kier molecular flexibility index (Phi) is 304. The largest absolute Gasteiger partial charge is 5.00 e. The monoisotopic (exact) mass is 1180 g/mol. The maximum Gasteiger partial charge on any atom is 5.00 e. The van der Waals surface area contributed by atoms with E-state index in [0.717, 1.165) is 0 Å². The van der Waals surface area contributed by atoms with Crippen molar-refractivity contribution < 1.29 is 187 Å². The molecule has 160 valence electrons. The molecule has 0 atom stereocenters. The third-order valence-corrected chi connectivity index (χ3v) is 0. The molecule has 0 saturated carbocycles. The summed E-state index contributed by atoms with van der Waals surface area (Å²) in [5.74, 6) is 0. The van der Waals surface area contributed by atoms with Gasteiger partial charge in [0.05, 0.1) is 0 Å². The summed E-state index contributed by atoms with van der Waals surface area (Å²) in [6.07, 6.45) is 0. The van der Waals surface area contributed by atoms with Crippen LogP contribution in [0, 0.1) is 0 Å². The molecular formula is O20Si5Ta4. The SMILES string of the molecule is O=[Si]([O-])[O-].O=[Si]([O-])[O-].O=[Si]([O-])[O-].O=[Si]([O-])[O-].O=[Si]([O-])[O-].[O-2].[O-2].[O-2].[O-2].[O-2].[Ta+5].[Ta+5].[Ta+5].[Ta+5]. The smallest absolute Gasteiger partial charge is 2.00 e. The van der Waals surface area contributed by atoms with Crippen LogP contribution < -0.4 is 48.0 Å². The third-order valence-electron chi connectivity index (χ3n) is 0. The van der Waals surface area contributed by atoms with Crippen molar-refractivity contribution in [2.24, 2.45) is 0 Å². The van der Waals surface area contributed by atoms with Gasteiger partial charge in [-0.3, -0.25) is 0 Å². The minimum Gasteiger partial charge on any atom is -2.00 e. The molecule has 20 nitrogen and oxygen atoms in total. The maximum atomic E-state index is 8.52. The summed E-state index contributed by atoms with van der Waals surface area (Å²) < 4.78 is 42.6. The fourth-order valence-electron chi connectivity index (χ4n) is 0. The van der Waals surface area contributed by atoms with E-state index in [2.05, 4.69) is 0 Å². The topological polar surface area (TPSA) is 458 Å². The van der Waals surface area contributed by atoms with Gasteiger partial charge in [-0.05, 0) is 0 Å². The average Bonchev–Trinajstić information content (AvgIpc) is 1.94. The van der Waals surface area contributed by atoms with E-state index in [1.54, 1.807) is 0 Å². The van der Waals surface area contributed by atoms with Crippen LogP contribution in [-0.4, -0.2) is 45.9 Å². The van der Waals surface area contributed by atoms with Crippen molar-refractivity contribution in [1.29, 1.82) is 0 Å². The van der Waals surface area contributed by atoms with Crippen LogP contribution in [-0.2, 0) is 139 Å². The predicted molar refractivity (Wildman–Crippen MR) is 35.6 cm³/mol. The van der Waals surface area contributed by atoms with Gasteiger partial charge in [0.2, 0.25) is 0 Å². The van der Waals surface area contributed by atoms with Gasteiger partial charge in [-0.25, -0.2) is 0 Å². The first-order valence-electron chi connectivity index (χ1n) is 3.06. The quantitative estimate of drug-likeness (QED) is 0.203. The van der Waals surface area contributed by atoms with Crippen LogP contribution in [0.5, 0.6) is 0 Å². The Hall–Kier alpha value is 0.845. The minimum atomic E-state index is -3.63. The van der Waals surface area contributed by atoms with E-state index in [1.807, 2.05) is 0 Å². The van der Waals surface area contributed by atoms with Crippen molar-refractivity contribution in [1.82, 2.24) is 0 Å². The molecule has 0 rings (SSSR count). The first kappa shape index (κ1) is 98.9. The molecule has 0 aromatic rings. The first-order valence-corrected chi connectivity index (χ1v) is 9.19. The van der Waals surface area contributed by atoms with Crippen LogP contribution in [0.2, 0.25) is 0 Å². The van der Waals surface area contributed by atoms with Gasteiger partial charge in [0, 0.05) is 45.9 Å². The van der Waals surface area contributed by atoms with Crippen LogP contribution in [0.1, 0.15) is 0 Å². The summed E-state index contributed by atoms with van der Waals surface area (Å²) in [5.41, 5.74) is 0. The number of hydrogen-bond acceptors (Lipinski definition) is 15. The molecule has 0 bridgehead atoms. The molecule has 0 aliphatic carbocycles. The fourth-order valence-corrected chi connectivity index (χ4v) is 0. The van der Waals surface area contributed by atoms with Crippen LogP contribution in [0.15, 0.2) is 0 Å². The maximum absolute atomic E-state index is 8.52. The van der Waals surface area contributed by atoms with Gasteiger partial charge in [-0.15, -0.1) is 0 Å². The Balaban J connectivity index is -0.00000000750. The minimum absolute atomic E-state index is 0. The zero-order valence-electron chi connectivity index (χ0n) is 12.5. The van der Waals surface area contributed by atoms with Gasteiger partial charge in [0.25, 0.3) is 0 Å². The van der Waals surface area contributed by atoms with E-state index in [-0.39, 0.29) is 117 Å². The molecule has 0 aliphatic heterocycles. The van der Waals surface area contributed by atoms with E-state index in [1.165, 1.54) is 0 Å². The molecule has 0 spiro atoms. The molecule has 29 heteroatoms. The molecule has 0 unspecified atom stereocenters. The molecule has 0 N–H and O–H groups in total. The molecule has 0 amide bonds. The van der Waals surface area contributed by atoms with Crippen molar-refractivity contribution in [3.63, 3.8) is 0 Å². The Morgan fingerprint density at radius 2 is 0.276 bits per heavy atom. The van der Waals surface area contributed by atoms with E-state index in [0.29, 0.717) is 0 Å². The Bertz CT molecular complexity index is 220. The second-order valence-electron chi connectivity index (χ2n) is 1.25. The molecular weight excluding hydrogens is 1180 g/mol. The van der Waals surface area contributed by atoms with Gasteiger partial charge in [0.1, 0.15) is 0 Å². The summed E-state index contributed by atoms with van der Waals surface area (Å²) >= 11 is 0. The molecule has 0 aromatic heterocycles. The second kappa shape index (κ2) is 89.1. The summed E-state index contributed by atoms with van der Waals surface area (Å²) in [6.45, 7) is 0. The second-order valence-corrected chi connectivity index (χ2v) is 3.75. The van der Waals surface area contributed by atoms with Crippen molar-refractivity contribution in [2.75, 3.05) is 0 Å². The molecule has 0 saturated heterocycles. The van der Waals surface area contributed by atoms with E-state index in [4.69, 9.17) is 70.3 Å². The molecule has 0 aromatic carbocycles. The zero-order valence-corrected chi connectivity index (χ0v) is 30.3. The van der Waals surface area contributed by atoms with Gasteiger partial charge in [-0.2, -0.15) is 0 Å². The van der Waals surface area contributed by atoms with Gasteiger partial charge >= 0.3 is 89.5 Å². The van der Waals surface area contributed by atoms with E-state index < -0.39 is 45.9 Å². The van der Waals surface area contributed by atoms with Crippen LogP contribution in [0.3, 0.4) is 0 Å². The molecule has 0 fully saturated rings. The summed E-state index contributed by atoms with van der Waals surface area (Å²) in [5, 5.41) is 0. The molecule has 29 heavy (non-hydrogen) atoms. The summed E-state index contributed by atoms with van der Waals surface area (Å²) in [6, 6.07) is 0. The normalized spacial score (nSPS) is 4.14. The molecule has 0 aliphatic rings. The van der Waals surface area contributed by atoms with Crippen LogP contribution in [0.25, 0.3) is 0 Å². The Labute approximate surface area is 231 Å². The van der Waals surface area contributed by atoms with Gasteiger partial charge < -0.3 is 97.6 Å². The van der Waals surface area contributed by atoms with Crippen LogP contribution in [0.4, 0.5) is 0 Å². The van der Waals surface area contributed by atoms with Crippen molar-refractivity contribution in [2.45, 2.75) is 0 Å². The third kappa shape index (κ3) is 29100. The van der Waals surface area contributed by atoms with Crippen molar-refractivity contribution in [3.05, 3.63) is 0 Å². The van der Waals surface area contributed by atoms with E-state index >= 15 is 0 Å². The van der Waals surface area contributed by atoms with Crippen molar-refractivity contribution >= 4 is 45.9 Å². The van der Waals surface area contributed by atoms with Gasteiger partial charge in [0.15, 0.2) is 0 Å². The summed E-state index contributed by atoms with van der Waals surface area (Å²) in [4.78, 5) is 85.2. The van der Waals surface area contributed by atoms with Crippen LogP contribution >= 0.6 is 0 Å².